The van der Waals surface area contributed by atoms with Crippen LogP contribution in [0.4, 0.5) is 5.82 Å². The van der Waals surface area contributed by atoms with Crippen molar-refractivity contribution in [3.05, 3.63) is 23.9 Å². The first-order chi connectivity index (χ1) is 8.18. The lowest BCUT2D eigenvalue weighted by Crippen LogP contribution is -2.36. The first-order valence-electron chi connectivity index (χ1n) is 6.63. The van der Waals surface area contributed by atoms with Gasteiger partial charge in [0.25, 0.3) is 0 Å². The molecule has 0 aromatic carbocycles. The maximum absolute atomic E-state index is 6.01. The molecule has 1 atom stereocenters. The third-order valence-electron chi connectivity index (χ3n) is 3.44. The Morgan fingerprint density at radius 3 is 3.00 bits per heavy atom. The van der Waals surface area contributed by atoms with Crippen LogP contribution in [0.25, 0.3) is 0 Å². The monoisotopic (exact) mass is 233 g/mol. The summed E-state index contributed by atoms with van der Waals surface area (Å²) in [6.07, 6.45) is 5.59. The summed E-state index contributed by atoms with van der Waals surface area (Å²) in [5.74, 6) is 1.40. The molecule has 1 saturated heterocycles. The van der Waals surface area contributed by atoms with E-state index < -0.39 is 0 Å². The molecule has 2 heterocycles. The van der Waals surface area contributed by atoms with Crippen molar-refractivity contribution in [3.63, 3.8) is 0 Å². The van der Waals surface area contributed by atoms with Crippen molar-refractivity contribution in [2.75, 3.05) is 18.8 Å². The zero-order chi connectivity index (χ0) is 12.3. The molecule has 2 rings (SSSR count). The highest BCUT2D eigenvalue weighted by Crippen LogP contribution is 2.33. The molecule has 0 amide bonds. The van der Waals surface area contributed by atoms with Gasteiger partial charge in [-0.25, -0.2) is 4.98 Å². The number of anilines is 1. The van der Waals surface area contributed by atoms with Crippen LogP contribution in [0.3, 0.4) is 0 Å². The topological polar surface area (TPSA) is 42.2 Å². The van der Waals surface area contributed by atoms with Crippen LogP contribution in [0.2, 0.25) is 0 Å². The lowest BCUT2D eigenvalue weighted by molar-refractivity contribution is 0.132. The standard InChI is InChI=1S/C14H23N3/c1-11(2)10-17-9-4-3-7-13(17)12-6-5-8-16-14(12)15/h5-6,8,11,13H,3-4,7,9-10H2,1-2H3,(H2,15,16)/t13-/m0/s1. The normalized spacial score (nSPS) is 21.9. The van der Waals surface area contributed by atoms with Crippen molar-refractivity contribution in [1.29, 1.82) is 0 Å². The largest absolute Gasteiger partial charge is 0.383 e. The average Bonchev–Trinajstić information content (AvgIpc) is 2.30. The van der Waals surface area contributed by atoms with E-state index in [4.69, 9.17) is 5.73 Å². The van der Waals surface area contributed by atoms with Crippen LogP contribution in [0, 0.1) is 5.92 Å². The van der Waals surface area contributed by atoms with E-state index in [0.717, 1.165) is 6.54 Å². The van der Waals surface area contributed by atoms with Crippen LogP contribution < -0.4 is 5.73 Å². The Balaban J connectivity index is 2.19. The summed E-state index contributed by atoms with van der Waals surface area (Å²) in [7, 11) is 0. The summed E-state index contributed by atoms with van der Waals surface area (Å²) >= 11 is 0. The molecule has 0 spiro atoms. The molecule has 3 nitrogen and oxygen atoms in total. The third kappa shape index (κ3) is 2.97. The summed E-state index contributed by atoms with van der Waals surface area (Å²) in [5, 5.41) is 0. The van der Waals surface area contributed by atoms with Gasteiger partial charge in [-0.15, -0.1) is 0 Å². The summed E-state index contributed by atoms with van der Waals surface area (Å²) in [5.41, 5.74) is 7.22. The number of pyridine rings is 1. The minimum Gasteiger partial charge on any atom is -0.383 e. The van der Waals surface area contributed by atoms with Crippen LogP contribution in [0.1, 0.15) is 44.7 Å². The van der Waals surface area contributed by atoms with Crippen LogP contribution in [-0.2, 0) is 0 Å². The van der Waals surface area contributed by atoms with E-state index in [0.29, 0.717) is 17.8 Å². The molecule has 0 bridgehead atoms. The van der Waals surface area contributed by atoms with E-state index in [1.54, 1.807) is 6.20 Å². The second-order valence-corrected chi connectivity index (χ2v) is 5.38. The lowest BCUT2D eigenvalue weighted by atomic mass is 9.94. The van der Waals surface area contributed by atoms with Crippen LogP contribution in [0.15, 0.2) is 18.3 Å². The zero-order valence-electron chi connectivity index (χ0n) is 10.9. The van der Waals surface area contributed by atoms with Crippen LogP contribution in [0.5, 0.6) is 0 Å². The van der Waals surface area contributed by atoms with Gasteiger partial charge in [-0.2, -0.15) is 0 Å². The summed E-state index contributed by atoms with van der Waals surface area (Å²) in [6.45, 7) is 6.90. The van der Waals surface area contributed by atoms with E-state index >= 15 is 0 Å². The molecule has 2 N–H and O–H groups in total. The van der Waals surface area contributed by atoms with Crippen molar-refractivity contribution in [1.82, 2.24) is 9.88 Å². The molecule has 0 radical (unpaired) electrons. The highest BCUT2D eigenvalue weighted by atomic mass is 15.2. The van der Waals surface area contributed by atoms with Crippen LogP contribution >= 0.6 is 0 Å². The van der Waals surface area contributed by atoms with E-state index in [1.807, 2.05) is 6.07 Å². The molecule has 1 aromatic rings. The van der Waals surface area contributed by atoms with E-state index in [2.05, 4.69) is 29.8 Å². The summed E-state index contributed by atoms with van der Waals surface area (Å²) < 4.78 is 0. The van der Waals surface area contributed by atoms with E-state index in [1.165, 1.54) is 31.4 Å². The Bertz CT molecular complexity index is 362. The zero-order valence-corrected chi connectivity index (χ0v) is 10.9. The van der Waals surface area contributed by atoms with Crippen molar-refractivity contribution >= 4 is 5.82 Å². The van der Waals surface area contributed by atoms with Gasteiger partial charge in [0.2, 0.25) is 0 Å². The number of aromatic nitrogens is 1. The predicted octanol–water partition coefficient (Wildman–Crippen LogP) is 2.85. The van der Waals surface area contributed by atoms with Crippen molar-refractivity contribution in [2.45, 2.75) is 39.2 Å². The molecular formula is C14H23N3. The quantitative estimate of drug-likeness (QED) is 0.873. The molecule has 94 valence electrons. The van der Waals surface area contributed by atoms with Gasteiger partial charge in [0, 0.05) is 24.3 Å². The number of nitrogens with zero attached hydrogens (tertiary/aromatic N) is 2. The van der Waals surface area contributed by atoms with Gasteiger partial charge in [-0.05, 0) is 31.4 Å². The second-order valence-electron chi connectivity index (χ2n) is 5.38. The van der Waals surface area contributed by atoms with Crippen LogP contribution in [-0.4, -0.2) is 23.0 Å². The highest BCUT2D eigenvalue weighted by Gasteiger charge is 2.25. The number of nitrogens with two attached hydrogens (primary N) is 1. The maximum Gasteiger partial charge on any atom is 0.128 e. The van der Waals surface area contributed by atoms with Crippen molar-refractivity contribution in [3.8, 4) is 0 Å². The minimum atomic E-state index is 0.472. The Labute approximate surface area is 104 Å². The maximum atomic E-state index is 6.01. The van der Waals surface area contributed by atoms with E-state index in [9.17, 15) is 0 Å². The fourth-order valence-electron chi connectivity index (χ4n) is 2.74. The Hall–Kier alpha value is -1.09. The summed E-state index contributed by atoms with van der Waals surface area (Å²) in [6, 6.07) is 4.60. The van der Waals surface area contributed by atoms with Gasteiger partial charge in [0.15, 0.2) is 0 Å². The fourth-order valence-corrected chi connectivity index (χ4v) is 2.74. The van der Waals surface area contributed by atoms with Crippen molar-refractivity contribution in [2.24, 2.45) is 5.92 Å². The van der Waals surface area contributed by atoms with Gasteiger partial charge in [0.1, 0.15) is 5.82 Å². The minimum absolute atomic E-state index is 0.472. The van der Waals surface area contributed by atoms with Gasteiger partial charge in [-0.1, -0.05) is 26.3 Å². The summed E-state index contributed by atoms with van der Waals surface area (Å²) in [4.78, 5) is 6.79. The van der Waals surface area contributed by atoms with E-state index in [-0.39, 0.29) is 0 Å². The number of rotatable bonds is 3. The lowest BCUT2D eigenvalue weighted by Gasteiger charge is -2.37. The van der Waals surface area contributed by atoms with Gasteiger partial charge in [-0.3, -0.25) is 4.90 Å². The molecule has 17 heavy (non-hydrogen) atoms. The first-order valence-corrected chi connectivity index (χ1v) is 6.63. The number of nitrogen functional groups attached to an aromatic ring is 1. The Morgan fingerprint density at radius 2 is 2.29 bits per heavy atom. The molecule has 0 unspecified atom stereocenters. The third-order valence-corrected chi connectivity index (χ3v) is 3.44. The SMILES string of the molecule is CC(C)CN1CCCC[C@H]1c1cccnc1N. The van der Waals surface area contributed by atoms with Gasteiger partial charge in [0.05, 0.1) is 0 Å². The number of hydrogen-bond acceptors (Lipinski definition) is 3. The predicted molar refractivity (Wildman–Crippen MR) is 71.7 cm³/mol. The Kier molecular flexibility index (Phi) is 4.00. The van der Waals surface area contributed by atoms with Gasteiger partial charge >= 0.3 is 0 Å². The Morgan fingerprint density at radius 1 is 1.47 bits per heavy atom. The van der Waals surface area contributed by atoms with Crippen molar-refractivity contribution < 1.29 is 0 Å². The molecule has 1 aliphatic heterocycles. The smallest absolute Gasteiger partial charge is 0.128 e. The number of piperidine rings is 1. The molecule has 1 aromatic heterocycles. The fraction of sp³-hybridized carbons (Fsp3) is 0.643. The average molecular weight is 233 g/mol. The molecule has 1 aliphatic rings. The highest BCUT2D eigenvalue weighted by molar-refractivity contribution is 5.41. The first kappa shape index (κ1) is 12.4. The molecular weight excluding hydrogens is 210 g/mol. The van der Waals surface area contributed by atoms with Gasteiger partial charge < -0.3 is 5.73 Å². The number of likely N-dealkylation sites (tertiary alicyclic amines) is 1. The molecule has 3 heteroatoms. The molecule has 0 saturated carbocycles. The number of hydrogen-bond donors (Lipinski definition) is 1. The second kappa shape index (κ2) is 5.50. The molecule has 1 fully saturated rings. The molecule has 0 aliphatic carbocycles.